The Hall–Kier alpha value is -1.17. The van der Waals surface area contributed by atoms with Crippen LogP contribution in [0.25, 0.3) is 0 Å². The second-order valence-corrected chi connectivity index (χ2v) is 4.81. The fraction of sp³-hybridized carbons (Fsp3) is 0.100. The van der Waals surface area contributed by atoms with Gasteiger partial charge in [-0.05, 0) is 12.1 Å². The summed E-state index contributed by atoms with van der Waals surface area (Å²) in [5.74, 6) is -0.0347. The predicted octanol–water partition coefficient (Wildman–Crippen LogP) is 3.18. The summed E-state index contributed by atoms with van der Waals surface area (Å²) in [6.45, 7) is 0. The molecule has 0 aliphatic carbocycles. The number of rotatable bonds is 3. The molecule has 7 heteroatoms. The average molecular weight is 288 g/mol. The van der Waals surface area contributed by atoms with Crippen molar-refractivity contribution in [3.8, 4) is 0 Å². The van der Waals surface area contributed by atoms with Crippen LogP contribution in [0.4, 0.5) is 5.13 Å². The van der Waals surface area contributed by atoms with Crippen molar-refractivity contribution >= 4 is 45.6 Å². The second kappa shape index (κ2) is 5.44. The van der Waals surface area contributed by atoms with Gasteiger partial charge in [-0.15, -0.1) is 21.8 Å². The maximum absolute atomic E-state index is 11.8. The molecule has 0 unspecified atom stereocenters. The van der Waals surface area contributed by atoms with E-state index in [4.69, 9.17) is 23.2 Å². The fourth-order valence-electron chi connectivity index (χ4n) is 1.17. The summed E-state index contributed by atoms with van der Waals surface area (Å²) in [4.78, 5) is 11.8. The zero-order valence-corrected chi connectivity index (χ0v) is 10.8. The van der Waals surface area contributed by atoms with Crippen molar-refractivity contribution in [3.05, 3.63) is 39.9 Å². The van der Waals surface area contributed by atoms with Crippen molar-refractivity contribution < 1.29 is 4.79 Å². The number of halogens is 2. The van der Waals surface area contributed by atoms with Crippen LogP contribution in [-0.4, -0.2) is 16.1 Å². The zero-order chi connectivity index (χ0) is 12.3. The number of alkyl halides is 1. The van der Waals surface area contributed by atoms with E-state index >= 15 is 0 Å². The summed E-state index contributed by atoms with van der Waals surface area (Å²) in [5.41, 5.74) is 0.400. The maximum Gasteiger partial charge on any atom is 0.259 e. The van der Waals surface area contributed by atoms with Crippen LogP contribution in [-0.2, 0) is 5.88 Å². The molecular formula is C10H7Cl2N3OS. The standard InChI is InChI=1S/C10H7Cl2N3OS/c11-5-8-14-15-10(17-8)13-9(16)6-3-1-2-4-7(6)12/h1-4H,5H2,(H,13,15,16). The minimum atomic E-state index is -0.312. The Kier molecular flexibility index (Phi) is 3.93. The van der Waals surface area contributed by atoms with Gasteiger partial charge in [0.1, 0.15) is 5.01 Å². The number of hydrogen-bond acceptors (Lipinski definition) is 4. The molecule has 1 heterocycles. The summed E-state index contributed by atoms with van der Waals surface area (Å²) in [5, 5.41) is 11.7. The Bertz CT molecular complexity index is 544. The topological polar surface area (TPSA) is 54.9 Å². The normalized spacial score (nSPS) is 10.2. The first kappa shape index (κ1) is 12.3. The molecule has 0 radical (unpaired) electrons. The summed E-state index contributed by atoms with van der Waals surface area (Å²) in [6.07, 6.45) is 0. The predicted molar refractivity (Wildman–Crippen MR) is 68.9 cm³/mol. The van der Waals surface area contributed by atoms with E-state index in [9.17, 15) is 4.79 Å². The number of carbonyl (C=O) groups is 1. The van der Waals surface area contributed by atoms with E-state index < -0.39 is 0 Å². The average Bonchev–Trinajstić information content (AvgIpc) is 2.77. The number of hydrogen-bond donors (Lipinski definition) is 1. The van der Waals surface area contributed by atoms with Crippen molar-refractivity contribution in [2.24, 2.45) is 0 Å². The lowest BCUT2D eigenvalue weighted by Gasteiger charge is -2.02. The van der Waals surface area contributed by atoms with Crippen molar-refractivity contribution in [1.29, 1.82) is 0 Å². The van der Waals surface area contributed by atoms with Crippen LogP contribution in [0.15, 0.2) is 24.3 Å². The molecule has 0 aliphatic rings. The van der Waals surface area contributed by atoms with Crippen LogP contribution in [0.3, 0.4) is 0 Å². The zero-order valence-electron chi connectivity index (χ0n) is 8.48. The number of anilines is 1. The van der Waals surface area contributed by atoms with E-state index in [0.717, 1.165) is 0 Å². The van der Waals surface area contributed by atoms with Gasteiger partial charge in [-0.1, -0.05) is 35.1 Å². The number of aromatic nitrogens is 2. The quantitative estimate of drug-likeness (QED) is 0.882. The molecule has 1 N–H and O–H groups in total. The van der Waals surface area contributed by atoms with Crippen molar-refractivity contribution in [3.63, 3.8) is 0 Å². The molecule has 1 amide bonds. The van der Waals surface area contributed by atoms with E-state index in [-0.39, 0.29) is 11.8 Å². The van der Waals surface area contributed by atoms with Gasteiger partial charge in [-0.2, -0.15) is 0 Å². The molecule has 0 saturated heterocycles. The lowest BCUT2D eigenvalue weighted by Crippen LogP contribution is -2.12. The maximum atomic E-state index is 11.8. The lowest BCUT2D eigenvalue weighted by molar-refractivity contribution is 0.102. The van der Waals surface area contributed by atoms with Gasteiger partial charge in [0.2, 0.25) is 5.13 Å². The summed E-state index contributed by atoms with van der Waals surface area (Å²) in [7, 11) is 0. The third kappa shape index (κ3) is 2.94. The van der Waals surface area contributed by atoms with E-state index in [1.807, 2.05) is 0 Å². The van der Waals surface area contributed by atoms with Crippen LogP contribution in [0.2, 0.25) is 5.02 Å². The highest BCUT2D eigenvalue weighted by molar-refractivity contribution is 7.15. The molecule has 0 atom stereocenters. The molecule has 0 aliphatic heterocycles. The Balaban J connectivity index is 2.14. The molecule has 0 spiro atoms. The van der Waals surface area contributed by atoms with Crippen molar-refractivity contribution in [1.82, 2.24) is 10.2 Å². The summed E-state index contributed by atoms with van der Waals surface area (Å²) >= 11 is 12.7. The molecule has 1 aromatic heterocycles. The van der Waals surface area contributed by atoms with Crippen molar-refractivity contribution in [2.75, 3.05) is 5.32 Å². The van der Waals surface area contributed by atoms with Gasteiger partial charge in [0.25, 0.3) is 5.91 Å². The van der Waals surface area contributed by atoms with Crippen LogP contribution < -0.4 is 5.32 Å². The van der Waals surface area contributed by atoms with Crippen LogP contribution >= 0.6 is 34.5 Å². The molecule has 0 fully saturated rings. The number of nitrogens with zero attached hydrogens (tertiary/aromatic N) is 2. The molecule has 0 saturated carbocycles. The minimum Gasteiger partial charge on any atom is -0.296 e. The Labute approximate surface area is 112 Å². The smallest absolute Gasteiger partial charge is 0.259 e. The van der Waals surface area contributed by atoms with Gasteiger partial charge in [0.05, 0.1) is 16.5 Å². The monoisotopic (exact) mass is 287 g/mol. The van der Waals surface area contributed by atoms with Gasteiger partial charge in [-0.3, -0.25) is 10.1 Å². The molecule has 17 heavy (non-hydrogen) atoms. The molecular weight excluding hydrogens is 281 g/mol. The van der Waals surface area contributed by atoms with E-state index in [1.54, 1.807) is 24.3 Å². The first-order valence-electron chi connectivity index (χ1n) is 4.65. The van der Waals surface area contributed by atoms with E-state index in [0.29, 0.717) is 20.7 Å². The number of amides is 1. The van der Waals surface area contributed by atoms with E-state index in [1.165, 1.54) is 11.3 Å². The van der Waals surface area contributed by atoms with Crippen LogP contribution in [0, 0.1) is 0 Å². The highest BCUT2D eigenvalue weighted by Crippen LogP contribution is 2.20. The highest BCUT2D eigenvalue weighted by Gasteiger charge is 2.12. The lowest BCUT2D eigenvalue weighted by atomic mass is 10.2. The van der Waals surface area contributed by atoms with Gasteiger partial charge in [0, 0.05) is 0 Å². The second-order valence-electron chi connectivity index (χ2n) is 3.07. The Morgan fingerprint density at radius 1 is 1.35 bits per heavy atom. The molecule has 1 aromatic carbocycles. The first-order valence-corrected chi connectivity index (χ1v) is 6.38. The SMILES string of the molecule is O=C(Nc1nnc(CCl)s1)c1ccccc1Cl. The van der Waals surface area contributed by atoms with Gasteiger partial charge in [0.15, 0.2) is 0 Å². The van der Waals surface area contributed by atoms with Crippen molar-refractivity contribution in [2.45, 2.75) is 5.88 Å². The molecule has 2 rings (SSSR count). The fourth-order valence-corrected chi connectivity index (χ4v) is 2.19. The van der Waals surface area contributed by atoms with Gasteiger partial charge in [-0.25, -0.2) is 0 Å². The first-order chi connectivity index (χ1) is 8.20. The minimum absolute atomic E-state index is 0.277. The third-order valence-corrected chi connectivity index (χ3v) is 3.50. The van der Waals surface area contributed by atoms with Gasteiger partial charge >= 0.3 is 0 Å². The number of nitrogens with one attached hydrogen (secondary N) is 1. The van der Waals surface area contributed by atoms with Gasteiger partial charge < -0.3 is 0 Å². The summed E-state index contributed by atoms with van der Waals surface area (Å²) in [6, 6.07) is 6.79. The molecule has 0 bridgehead atoms. The largest absolute Gasteiger partial charge is 0.296 e. The Morgan fingerprint density at radius 3 is 2.76 bits per heavy atom. The highest BCUT2D eigenvalue weighted by atomic mass is 35.5. The third-order valence-electron chi connectivity index (χ3n) is 1.92. The number of carbonyl (C=O) groups excluding carboxylic acids is 1. The van der Waals surface area contributed by atoms with E-state index in [2.05, 4.69) is 15.5 Å². The Morgan fingerprint density at radius 2 is 2.12 bits per heavy atom. The number of benzene rings is 1. The summed E-state index contributed by atoms with van der Waals surface area (Å²) < 4.78 is 0. The molecule has 4 nitrogen and oxygen atoms in total. The van der Waals surface area contributed by atoms with Crippen LogP contribution in [0.5, 0.6) is 0 Å². The molecule has 88 valence electrons. The molecule has 2 aromatic rings. The van der Waals surface area contributed by atoms with Crippen LogP contribution in [0.1, 0.15) is 15.4 Å².